The number of imidazole rings is 1. The van der Waals surface area contributed by atoms with E-state index in [1.807, 2.05) is 19.1 Å². The van der Waals surface area contributed by atoms with Crippen LogP contribution in [0.5, 0.6) is 5.75 Å². The van der Waals surface area contributed by atoms with Gasteiger partial charge in [0.25, 0.3) is 0 Å². The predicted molar refractivity (Wildman–Crippen MR) is 81.8 cm³/mol. The van der Waals surface area contributed by atoms with Crippen LogP contribution >= 0.6 is 12.2 Å². The maximum absolute atomic E-state index is 5.70. The first-order valence-electron chi connectivity index (χ1n) is 7.21. The fourth-order valence-corrected chi connectivity index (χ4v) is 2.63. The lowest BCUT2D eigenvalue weighted by Crippen LogP contribution is -2.07. The van der Waals surface area contributed by atoms with Gasteiger partial charge in [-0.25, -0.2) is 0 Å². The molecule has 1 heterocycles. The van der Waals surface area contributed by atoms with Crippen LogP contribution in [0, 0.1) is 10.7 Å². The molecule has 0 atom stereocenters. The molecular weight excluding hydrogens is 272 g/mol. The molecule has 5 heteroatoms. The molecule has 0 saturated heterocycles. The summed E-state index contributed by atoms with van der Waals surface area (Å²) in [6, 6.07) is 6.02. The highest BCUT2D eigenvalue weighted by molar-refractivity contribution is 7.71. The molecule has 0 amide bonds. The summed E-state index contributed by atoms with van der Waals surface area (Å²) in [7, 11) is 0. The average molecular weight is 292 g/mol. The number of hydrogen-bond donors (Lipinski definition) is 1. The first-order valence-corrected chi connectivity index (χ1v) is 7.62. The van der Waals surface area contributed by atoms with Gasteiger partial charge in [-0.1, -0.05) is 6.07 Å². The summed E-state index contributed by atoms with van der Waals surface area (Å²) in [6.07, 6.45) is 2.65. The van der Waals surface area contributed by atoms with Crippen molar-refractivity contribution in [1.29, 1.82) is 0 Å². The molecule has 0 radical (unpaired) electrons. The van der Waals surface area contributed by atoms with Gasteiger partial charge < -0.3 is 19.0 Å². The lowest BCUT2D eigenvalue weighted by atomic mass is 10.3. The van der Waals surface area contributed by atoms with E-state index < -0.39 is 0 Å². The van der Waals surface area contributed by atoms with Crippen LogP contribution in [-0.4, -0.2) is 29.4 Å². The molecule has 108 valence electrons. The van der Waals surface area contributed by atoms with Gasteiger partial charge >= 0.3 is 0 Å². The molecule has 1 saturated carbocycles. The second kappa shape index (κ2) is 5.97. The van der Waals surface area contributed by atoms with Gasteiger partial charge in [0.15, 0.2) is 4.77 Å². The minimum Gasteiger partial charge on any atom is -0.492 e. The Balaban J connectivity index is 1.77. The number of nitrogens with zero attached hydrogens (tertiary/aromatic N) is 1. The van der Waals surface area contributed by atoms with Crippen molar-refractivity contribution in [2.45, 2.75) is 26.3 Å². The highest BCUT2D eigenvalue weighted by Crippen LogP contribution is 2.29. The molecule has 1 aromatic carbocycles. The zero-order chi connectivity index (χ0) is 13.9. The Bertz CT molecular complexity index is 643. The Morgan fingerprint density at radius 2 is 2.25 bits per heavy atom. The normalized spacial score (nSPS) is 14.8. The van der Waals surface area contributed by atoms with Crippen molar-refractivity contribution >= 4 is 23.3 Å². The van der Waals surface area contributed by atoms with Gasteiger partial charge in [-0.15, -0.1) is 0 Å². The first kappa shape index (κ1) is 13.6. The zero-order valence-corrected chi connectivity index (χ0v) is 12.5. The highest BCUT2D eigenvalue weighted by atomic mass is 32.1. The summed E-state index contributed by atoms with van der Waals surface area (Å²) >= 11 is 5.41. The number of ether oxygens (including phenoxy) is 2. The number of rotatable bonds is 7. The molecule has 1 N–H and O–H groups in total. The van der Waals surface area contributed by atoms with Crippen LogP contribution in [0.2, 0.25) is 0 Å². The summed E-state index contributed by atoms with van der Waals surface area (Å²) in [5.41, 5.74) is 2.05. The van der Waals surface area contributed by atoms with Crippen molar-refractivity contribution in [3.05, 3.63) is 23.0 Å². The Hall–Kier alpha value is -1.33. The summed E-state index contributed by atoms with van der Waals surface area (Å²) in [5, 5.41) is 0. The van der Waals surface area contributed by atoms with Gasteiger partial charge in [-0.3, -0.25) is 0 Å². The molecule has 0 spiro atoms. The molecule has 20 heavy (non-hydrogen) atoms. The predicted octanol–water partition coefficient (Wildman–Crippen LogP) is 3.52. The molecule has 1 aliphatic carbocycles. The van der Waals surface area contributed by atoms with Crippen molar-refractivity contribution in [2.75, 3.05) is 19.8 Å². The van der Waals surface area contributed by atoms with E-state index in [9.17, 15) is 0 Å². The number of para-hydroxylation sites is 1. The molecule has 0 bridgehead atoms. The molecule has 2 aromatic rings. The van der Waals surface area contributed by atoms with Crippen LogP contribution in [0.15, 0.2) is 18.2 Å². The largest absolute Gasteiger partial charge is 0.492 e. The van der Waals surface area contributed by atoms with E-state index >= 15 is 0 Å². The fourth-order valence-electron chi connectivity index (χ4n) is 2.34. The monoisotopic (exact) mass is 292 g/mol. The Kier molecular flexibility index (Phi) is 4.08. The number of aromatic amines is 1. The maximum atomic E-state index is 5.70. The third kappa shape index (κ3) is 2.88. The summed E-state index contributed by atoms with van der Waals surface area (Å²) in [5.74, 6) is 1.66. The first-order chi connectivity index (χ1) is 9.79. The van der Waals surface area contributed by atoms with Crippen LogP contribution in [0.1, 0.15) is 19.8 Å². The number of nitrogens with one attached hydrogen (secondary N) is 1. The number of aromatic nitrogens is 2. The Morgan fingerprint density at radius 1 is 1.40 bits per heavy atom. The van der Waals surface area contributed by atoms with Gasteiger partial charge in [0, 0.05) is 13.2 Å². The highest BCUT2D eigenvalue weighted by Gasteiger charge is 2.21. The fraction of sp³-hybridized carbons (Fsp3) is 0.533. The average Bonchev–Trinajstić information content (AvgIpc) is 3.20. The van der Waals surface area contributed by atoms with Crippen molar-refractivity contribution in [1.82, 2.24) is 9.55 Å². The minimum atomic E-state index is 0.648. The molecule has 0 unspecified atom stereocenters. The lowest BCUT2D eigenvalue weighted by molar-refractivity contribution is 0.117. The number of fused-ring (bicyclic) bond motifs is 1. The van der Waals surface area contributed by atoms with E-state index in [4.69, 9.17) is 21.7 Å². The SMILES string of the molecule is CCOc1cccc2c1[nH]c(=S)n2CCOCC1CC1. The third-order valence-corrected chi connectivity index (χ3v) is 3.90. The number of H-pyrrole nitrogens is 1. The molecule has 3 rings (SSSR count). The van der Waals surface area contributed by atoms with Crippen LogP contribution in [0.25, 0.3) is 11.0 Å². The van der Waals surface area contributed by atoms with Gasteiger partial charge in [0.1, 0.15) is 11.3 Å². The minimum absolute atomic E-state index is 0.648. The molecular formula is C15H20N2O2S. The van der Waals surface area contributed by atoms with Gasteiger partial charge in [-0.2, -0.15) is 0 Å². The molecule has 1 fully saturated rings. The molecule has 1 aliphatic rings. The standard InChI is InChI=1S/C15H20N2O2S/c1-2-19-13-5-3-4-12-14(13)16-15(20)17(12)8-9-18-10-11-6-7-11/h3-5,11H,2,6-10H2,1H3,(H,16,20). The second-order valence-corrected chi connectivity index (χ2v) is 5.57. The smallest absolute Gasteiger partial charge is 0.178 e. The van der Waals surface area contributed by atoms with Crippen LogP contribution in [0.3, 0.4) is 0 Å². The van der Waals surface area contributed by atoms with E-state index in [0.717, 1.165) is 40.6 Å². The summed E-state index contributed by atoms with van der Waals surface area (Å²) < 4.78 is 14.1. The van der Waals surface area contributed by atoms with Gasteiger partial charge in [0.2, 0.25) is 0 Å². The summed E-state index contributed by atoms with van der Waals surface area (Å²) in [6.45, 7) is 5.00. The number of hydrogen-bond acceptors (Lipinski definition) is 3. The number of benzene rings is 1. The van der Waals surface area contributed by atoms with Gasteiger partial charge in [0.05, 0.1) is 18.7 Å². The van der Waals surface area contributed by atoms with Crippen LogP contribution < -0.4 is 4.74 Å². The van der Waals surface area contributed by atoms with E-state index in [-0.39, 0.29) is 0 Å². The molecule has 0 aliphatic heterocycles. The van der Waals surface area contributed by atoms with E-state index in [0.29, 0.717) is 13.2 Å². The Labute approximate surface area is 123 Å². The van der Waals surface area contributed by atoms with Crippen molar-refractivity contribution in [3.8, 4) is 5.75 Å². The molecule has 4 nitrogen and oxygen atoms in total. The van der Waals surface area contributed by atoms with Crippen molar-refractivity contribution in [3.63, 3.8) is 0 Å². The van der Waals surface area contributed by atoms with Crippen molar-refractivity contribution in [2.24, 2.45) is 5.92 Å². The van der Waals surface area contributed by atoms with Gasteiger partial charge in [-0.05, 0) is 50.0 Å². The van der Waals surface area contributed by atoms with E-state index in [1.54, 1.807) is 0 Å². The van der Waals surface area contributed by atoms with Crippen LogP contribution in [0.4, 0.5) is 0 Å². The van der Waals surface area contributed by atoms with E-state index in [1.165, 1.54) is 12.8 Å². The molecule has 1 aromatic heterocycles. The zero-order valence-electron chi connectivity index (χ0n) is 11.7. The van der Waals surface area contributed by atoms with Crippen molar-refractivity contribution < 1.29 is 9.47 Å². The Morgan fingerprint density at radius 3 is 3.00 bits per heavy atom. The summed E-state index contributed by atoms with van der Waals surface area (Å²) in [4.78, 5) is 3.24. The maximum Gasteiger partial charge on any atom is 0.178 e. The second-order valence-electron chi connectivity index (χ2n) is 5.18. The quantitative estimate of drug-likeness (QED) is 0.627. The topological polar surface area (TPSA) is 39.2 Å². The van der Waals surface area contributed by atoms with E-state index in [2.05, 4.69) is 15.6 Å². The third-order valence-electron chi connectivity index (χ3n) is 3.58. The van der Waals surface area contributed by atoms with Crippen LogP contribution in [-0.2, 0) is 11.3 Å². The lowest BCUT2D eigenvalue weighted by Gasteiger charge is -2.07.